The molecule has 0 aliphatic heterocycles. The summed E-state index contributed by atoms with van der Waals surface area (Å²) >= 11 is 0. The lowest BCUT2D eigenvalue weighted by Crippen LogP contribution is -2.24. The molecular weight excluding hydrogens is 210 g/mol. The second-order valence-electron chi connectivity index (χ2n) is 3.42. The van der Waals surface area contributed by atoms with E-state index in [0.29, 0.717) is 0 Å². The second-order valence-corrected chi connectivity index (χ2v) is 3.42. The van der Waals surface area contributed by atoms with Crippen molar-refractivity contribution in [3.05, 3.63) is 45.4 Å². The van der Waals surface area contributed by atoms with Crippen LogP contribution in [0.25, 0.3) is 0 Å². The first kappa shape index (κ1) is 10.2. The number of Topliss-reactive ketones (excluding diaryl/α,β-unsaturated/α-hetero) is 1. The maximum absolute atomic E-state index is 11.4. The van der Waals surface area contributed by atoms with Gasteiger partial charge in [-0.3, -0.25) is 19.2 Å². The summed E-state index contributed by atoms with van der Waals surface area (Å²) in [7, 11) is 0. The third-order valence-electron chi connectivity index (χ3n) is 2.32. The summed E-state index contributed by atoms with van der Waals surface area (Å²) in [6.07, 6.45) is 2.21. The molecular formula is C11H7NO4. The molecule has 1 aromatic heterocycles. The van der Waals surface area contributed by atoms with Gasteiger partial charge in [-0.05, 0) is 25.1 Å². The van der Waals surface area contributed by atoms with Crippen molar-refractivity contribution < 1.29 is 14.4 Å². The summed E-state index contributed by atoms with van der Waals surface area (Å²) in [5.74, 6) is -1.28. The molecule has 0 bridgehead atoms. The van der Waals surface area contributed by atoms with Gasteiger partial charge in [0.15, 0.2) is 11.6 Å². The zero-order valence-electron chi connectivity index (χ0n) is 8.37. The third-order valence-corrected chi connectivity index (χ3v) is 2.32. The van der Waals surface area contributed by atoms with E-state index in [1.807, 2.05) is 0 Å². The molecule has 5 nitrogen and oxygen atoms in total. The first-order chi connectivity index (χ1) is 7.50. The summed E-state index contributed by atoms with van der Waals surface area (Å²) < 4.78 is 0. The highest BCUT2D eigenvalue weighted by Gasteiger charge is 2.22. The number of fused-ring (bicyclic) bond motifs is 1. The number of hydrogen-bond donors (Lipinski definition) is 1. The number of pyridine rings is 1. The van der Waals surface area contributed by atoms with Crippen molar-refractivity contribution in [1.29, 1.82) is 0 Å². The number of carbonyl (C=O) groups is 3. The lowest BCUT2D eigenvalue weighted by atomic mass is 9.97. The van der Waals surface area contributed by atoms with E-state index in [4.69, 9.17) is 0 Å². The van der Waals surface area contributed by atoms with Crippen molar-refractivity contribution in [3.8, 4) is 0 Å². The Bertz CT molecular complexity index is 607. The van der Waals surface area contributed by atoms with Crippen LogP contribution in [0, 0.1) is 0 Å². The zero-order chi connectivity index (χ0) is 11.9. The predicted octanol–water partition coefficient (Wildman–Crippen LogP) is 0.513. The molecule has 1 aliphatic rings. The SMILES string of the molecule is CC(=O)c1cc2c([nH]c1=O)C(=O)C=CC2=O. The van der Waals surface area contributed by atoms with Crippen molar-refractivity contribution in [1.82, 2.24) is 4.98 Å². The molecule has 1 aromatic rings. The summed E-state index contributed by atoms with van der Waals surface area (Å²) in [4.78, 5) is 47.6. The van der Waals surface area contributed by atoms with Crippen LogP contribution in [-0.4, -0.2) is 22.3 Å². The van der Waals surface area contributed by atoms with Gasteiger partial charge in [0, 0.05) is 0 Å². The van der Waals surface area contributed by atoms with Gasteiger partial charge in [0.05, 0.1) is 11.1 Å². The summed E-state index contributed by atoms with van der Waals surface area (Å²) in [6, 6.07) is 1.17. The molecule has 1 N–H and O–H groups in total. The number of hydrogen-bond acceptors (Lipinski definition) is 4. The number of ketones is 3. The molecule has 0 fully saturated rings. The van der Waals surface area contributed by atoms with Gasteiger partial charge in [-0.25, -0.2) is 0 Å². The Balaban J connectivity index is 2.77. The molecule has 2 rings (SSSR count). The number of H-pyrrole nitrogens is 1. The van der Waals surface area contributed by atoms with E-state index in [9.17, 15) is 19.2 Å². The average Bonchev–Trinajstić information content (AvgIpc) is 2.23. The van der Waals surface area contributed by atoms with Gasteiger partial charge in [0.1, 0.15) is 5.69 Å². The largest absolute Gasteiger partial charge is 0.318 e. The highest BCUT2D eigenvalue weighted by atomic mass is 16.2. The predicted molar refractivity (Wildman–Crippen MR) is 54.9 cm³/mol. The van der Waals surface area contributed by atoms with E-state index in [1.165, 1.54) is 13.0 Å². The summed E-state index contributed by atoms with van der Waals surface area (Å²) in [5, 5.41) is 0. The minimum atomic E-state index is -0.650. The number of aromatic nitrogens is 1. The van der Waals surface area contributed by atoms with Crippen LogP contribution in [0.1, 0.15) is 38.1 Å². The van der Waals surface area contributed by atoms with Gasteiger partial charge in [0.25, 0.3) is 5.56 Å². The molecule has 0 spiro atoms. The molecule has 0 radical (unpaired) electrons. The number of aromatic amines is 1. The quantitative estimate of drug-likeness (QED) is 0.694. The Morgan fingerprint density at radius 2 is 1.75 bits per heavy atom. The van der Waals surface area contributed by atoms with E-state index < -0.39 is 22.9 Å². The molecule has 1 heterocycles. The molecule has 5 heteroatoms. The normalized spacial score (nSPS) is 13.8. The van der Waals surface area contributed by atoms with Crippen LogP contribution in [0.15, 0.2) is 23.0 Å². The van der Waals surface area contributed by atoms with Crippen molar-refractivity contribution in [2.24, 2.45) is 0 Å². The molecule has 0 saturated carbocycles. The third kappa shape index (κ3) is 1.42. The molecule has 16 heavy (non-hydrogen) atoms. The number of carbonyl (C=O) groups excluding carboxylic acids is 3. The topological polar surface area (TPSA) is 84.1 Å². The minimum absolute atomic E-state index is 0.0532. The van der Waals surface area contributed by atoms with Crippen molar-refractivity contribution in [2.75, 3.05) is 0 Å². The van der Waals surface area contributed by atoms with Crippen molar-refractivity contribution in [2.45, 2.75) is 6.92 Å². The Morgan fingerprint density at radius 3 is 2.38 bits per heavy atom. The van der Waals surface area contributed by atoms with Crippen LogP contribution < -0.4 is 5.56 Å². The number of nitrogens with one attached hydrogen (secondary N) is 1. The average molecular weight is 217 g/mol. The highest BCUT2D eigenvalue weighted by molar-refractivity contribution is 6.21. The van der Waals surface area contributed by atoms with Crippen LogP contribution >= 0.6 is 0 Å². The number of rotatable bonds is 1. The number of allylic oxidation sites excluding steroid dienone is 2. The minimum Gasteiger partial charge on any atom is -0.318 e. The van der Waals surface area contributed by atoms with E-state index in [0.717, 1.165) is 12.2 Å². The van der Waals surface area contributed by atoms with Crippen LogP contribution in [0.2, 0.25) is 0 Å². The first-order valence-electron chi connectivity index (χ1n) is 4.55. The maximum Gasteiger partial charge on any atom is 0.259 e. The van der Waals surface area contributed by atoms with E-state index >= 15 is 0 Å². The Hall–Kier alpha value is -2.30. The van der Waals surface area contributed by atoms with Crippen LogP contribution in [0.5, 0.6) is 0 Å². The van der Waals surface area contributed by atoms with Gasteiger partial charge in [-0.15, -0.1) is 0 Å². The smallest absolute Gasteiger partial charge is 0.259 e. The monoisotopic (exact) mass is 217 g/mol. The van der Waals surface area contributed by atoms with Gasteiger partial charge in [0.2, 0.25) is 5.78 Å². The molecule has 0 saturated heterocycles. The maximum atomic E-state index is 11.4. The zero-order valence-corrected chi connectivity index (χ0v) is 8.37. The first-order valence-corrected chi connectivity index (χ1v) is 4.55. The molecule has 0 amide bonds. The fourth-order valence-electron chi connectivity index (χ4n) is 1.50. The summed E-state index contributed by atoms with van der Waals surface area (Å²) in [6.45, 7) is 1.22. The molecule has 0 atom stereocenters. The standard InChI is InChI=1S/C11H7NO4/c1-5(13)6-4-7-8(14)2-3-9(15)10(7)12-11(6)16/h2-4H,1H3,(H,12,16). The van der Waals surface area contributed by atoms with Crippen LogP contribution in [0.4, 0.5) is 0 Å². The fraction of sp³-hybridized carbons (Fsp3) is 0.0909. The highest BCUT2D eigenvalue weighted by Crippen LogP contribution is 2.14. The van der Waals surface area contributed by atoms with E-state index in [1.54, 1.807) is 0 Å². The van der Waals surface area contributed by atoms with Crippen LogP contribution in [-0.2, 0) is 0 Å². The Labute approximate surface area is 89.8 Å². The lowest BCUT2D eigenvalue weighted by Gasteiger charge is -2.08. The molecule has 1 aliphatic carbocycles. The lowest BCUT2D eigenvalue weighted by molar-refractivity contribution is 0.0986. The van der Waals surface area contributed by atoms with Gasteiger partial charge < -0.3 is 4.98 Å². The van der Waals surface area contributed by atoms with Crippen molar-refractivity contribution in [3.63, 3.8) is 0 Å². The van der Waals surface area contributed by atoms with E-state index in [2.05, 4.69) is 4.98 Å². The Kier molecular flexibility index (Phi) is 2.16. The molecule has 0 unspecified atom stereocenters. The second kappa shape index (κ2) is 3.37. The van der Waals surface area contributed by atoms with Gasteiger partial charge in [-0.1, -0.05) is 0 Å². The summed E-state index contributed by atoms with van der Waals surface area (Å²) in [5.41, 5.74) is -0.752. The van der Waals surface area contributed by atoms with Gasteiger partial charge >= 0.3 is 0 Å². The molecule has 0 aromatic carbocycles. The van der Waals surface area contributed by atoms with Crippen LogP contribution in [0.3, 0.4) is 0 Å². The molecule has 80 valence electrons. The fourth-order valence-corrected chi connectivity index (χ4v) is 1.50. The van der Waals surface area contributed by atoms with Crippen molar-refractivity contribution >= 4 is 17.3 Å². The Morgan fingerprint density at radius 1 is 1.12 bits per heavy atom. The van der Waals surface area contributed by atoms with Gasteiger partial charge in [-0.2, -0.15) is 0 Å². The van der Waals surface area contributed by atoms with E-state index in [-0.39, 0.29) is 16.8 Å².